The van der Waals surface area contributed by atoms with Gasteiger partial charge in [-0.2, -0.15) is 0 Å². The van der Waals surface area contributed by atoms with Gasteiger partial charge in [-0.3, -0.25) is 0 Å². The van der Waals surface area contributed by atoms with Crippen LogP contribution in [0.3, 0.4) is 0 Å². The summed E-state index contributed by atoms with van der Waals surface area (Å²) in [6.07, 6.45) is 8.45. The molecule has 0 spiro atoms. The fraction of sp³-hybridized carbons (Fsp3) is 1.00. The van der Waals surface area contributed by atoms with E-state index in [0.717, 1.165) is 12.5 Å². The Kier molecular flexibility index (Phi) is 1.92. The molecule has 0 aromatic rings. The van der Waals surface area contributed by atoms with Gasteiger partial charge in [0.2, 0.25) is 0 Å². The van der Waals surface area contributed by atoms with Gasteiger partial charge in [0.05, 0.1) is 12.2 Å². The van der Waals surface area contributed by atoms with Crippen LogP contribution in [0.15, 0.2) is 0 Å². The fourth-order valence-electron chi connectivity index (χ4n) is 2.46. The molecule has 1 nitrogen and oxygen atoms in total. The lowest BCUT2D eigenvalue weighted by atomic mass is 9.74. The van der Waals surface area contributed by atoms with Gasteiger partial charge in [-0.25, -0.2) is 0 Å². The predicted molar refractivity (Wildman–Crippen MR) is 45.5 cm³/mol. The van der Waals surface area contributed by atoms with Crippen LogP contribution in [-0.4, -0.2) is 12.2 Å². The molecule has 1 atom stereocenters. The van der Waals surface area contributed by atoms with Crippen LogP contribution in [0.25, 0.3) is 0 Å². The minimum Gasteiger partial charge on any atom is -0.375 e. The molecule has 0 aromatic carbocycles. The SMILES string of the molecule is C[C@@]1(C2CCCCC2)CCO1. The first-order chi connectivity index (χ1) is 5.31. The molecule has 0 amide bonds. The summed E-state index contributed by atoms with van der Waals surface area (Å²) in [4.78, 5) is 0. The quantitative estimate of drug-likeness (QED) is 0.564. The zero-order valence-corrected chi connectivity index (χ0v) is 7.44. The van der Waals surface area contributed by atoms with Gasteiger partial charge in [0.15, 0.2) is 0 Å². The maximum absolute atomic E-state index is 5.66. The maximum Gasteiger partial charge on any atom is 0.0704 e. The van der Waals surface area contributed by atoms with Crippen molar-refractivity contribution in [1.82, 2.24) is 0 Å². The monoisotopic (exact) mass is 154 g/mol. The van der Waals surface area contributed by atoms with E-state index >= 15 is 0 Å². The van der Waals surface area contributed by atoms with Gasteiger partial charge in [0.1, 0.15) is 0 Å². The second-order valence-corrected chi connectivity index (χ2v) is 4.25. The van der Waals surface area contributed by atoms with Crippen LogP contribution in [0.5, 0.6) is 0 Å². The van der Waals surface area contributed by atoms with Crippen molar-refractivity contribution in [3.8, 4) is 0 Å². The van der Waals surface area contributed by atoms with E-state index in [0.29, 0.717) is 5.60 Å². The Morgan fingerprint density at radius 3 is 2.27 bits per heavy atom. The topological polar surface area (TPSA) is 9.23 Å². The van der Waals surface area contributed by atoms with E-state index in [4.69, 9.17) is 4.74 Å². The third-order valence-corrected chi connectivity index (χ3v) is 3.50. The summed E-state index contributed by atoms with van der Waals surface area (Å²) in [6.45, 7) is 3.31. The molecule has 1 saturated heterocycles. The lowest BCUT2D eigenvalue weighted by molar-refractivity contribution is -0.174. The van der Waals surface area contributed by atoms with E-state index in [1.165, 1.54) is 38.5 Å². The van der Waals surface area contributed by atoms with Crippen molar-refractivity contribution in [3.05, 3.63) is 0 Å². The van der Waals surface area contributed by atoms with Crippen LogP contribution in [0.4, 0.5) is 0 Å². The number of hydrogen-bond acceptors (Lipinski definition) is 1. The average molecular weight is 154 g/mol. The highest BCUT2D eigenvalue weighted by molar-refractivity contribution is 4.90. The lowest BCUT2D eigenvalue weighted by Crippen LogP contribution is -2.47. The van der Waals surface area contributed by atoms with Gasteiger partial charge in [-0.05, 0) is 32.1 Å². The third kappa shape index (κ3) is 1.31. The summed E-state index contributed by atoms with van der Waals surface area (Å²) in [6, 6.07) is 0. The highest BCUT2D eigenvalue weighted by Gasteiger charge is 2.40. The van der Waals surface area contributed by atoms with Crippen molar-refractivity contribution in [3.63, 3.8) is 0 Å². The second kappa shape index (κ2) is 2.78. The maximum atomic E-state index is 5.66. The zero-order valence-electron chi connectivity index (χ0n) is 7.44. The standard InChI is InChI=1S/C10H18O/c1-10(7-8-11-10)9-5-3-2-4-6-9/h9H,2-8H2,1H3/t10-/m0/s1. The first-order valence-corrected chi connectivity index (χ1v) is 4.95. The van der Waals surface area contributed by atoms with E-state index in [-0.39, 0.29) is 0 Å². The Morgan fingerprint density at radius 2 is 1.82 bits per heavy atom. The molecule has 1 heterocycles. The van der Waals surface area contributed by atoms with Crippen LogP contribution in [0, 0.1) is 5.92 Å². The van der Waals surface area contributed by atoms with Crippen LogP contribution < -0.4 is 0 Å². The molecule has 2 aliphatic rings. The summed E-state index contributed by atoms with van der Waals surface area (Å²) in [7, 11) is 0. The highest BCUT2D eigenvalue weighted by Crippen LogP contribution is 2.41. The van der Waals surface area contributed by atoms with Crippen LogP contribution in [-0.2, 0) is 4.74 Å². The minimum atomic E-state index is 0.292. The Balaban J connectivity index is 1.91. The van der Waals surface area contributed by atoms with Crippen molar-refractivity contribution in [2.45, 2.75) is 51.0 Å². The fourth-order valence-corrected chi connectivity index (χ4v) is 2.46. The Labute approximate surface area is 69.1 Å². The summed E-state index contributed by atoms with van der Waals surface area (Å²) < 4.78 is 5.66. The molecule has 0 unspecified atom stereocenters. The number of ether oxygens (including phenoxy) is 1. The van der Waals surface area contributed by atoms with E-state index in [1.807, 2.05) is 0 Å². The van der Waals surface area contributed by atoms with Gasteiger partial charge in [-0.1, -0.05) is 19.3 Å². The van der Waals surface area contributed by atoms with Crippen molar-refractivity contribution < 1.29 is 4.74 Å². The molecule has 1 saturated carbocycles. The number of rotatable bonds is 1. The Morgan fingerprint density at radius 1 is 1.18 bits per heavy atom. The molecule has 0 aromatic heterocycles. The van der Waals surface area contributed by atoms with Gasteiger partial charge >= 0.3 is 0 Å². The normalized spacial score (nSPS) is 40.1. The molecule has 2 rings (SSSR count). The molecule has 1 aliphatic carbocycles. The molecule has 0 radical (unpaired) electrons. The van der Waals surface area contributed by atoms with Crippen molar-refractivity contribution in [1.29, 1.82) is 0 Å². The van der Waals surface area contributed by atoms with E-state index in [9.17, 15) is 0 Å². The molecule has 0 bridgehead atoms. The second-order valence-electron chi connectivity index (χ2n) is 4.25. The summed E-state index contributed by atoms with van der Waals surface area (Å²) in [5.74, 6) is 0.880. The van der Waals surface area contributed by atoms with Gasteiger partial charge < -0.3 is 4.74 Å². The highest BCUT2D eigenvalue weighted by atomic mass is 16.5. The van der Waals surface area contributed by atoms with Crippen molar-refractivity contribution >= 4 is 0 Å². The van der Waals surface area contributed by atoms with Gasteiger partial charge in [0, 0.05) is 0 Å². The average Bonchev–Trinajstić information content (AvgIpc) is 2.02. The summed E-state index contributed by atoms with van der Waals surface area (Å²) >= 11 is 0. The Hall–Kier alpha value is -0.0400. The molecular formula is C10H18O. The van der Waals surface area contributed by atoms with Crippen LogP contribution in [0.2, 0.25) is 0 Å². The van der Waals surface area contributed by atoms with Crippen LogP contribution in [0.1, 0.15) is 45.4 Å². The zero-order chi connectivity index (χ0) is 7.73. The molecule has 11 heavy (non-hydrogen) atoms. The van der Waals surface area contributed by atoms with Crippen molar-refractivity contribution in [2.75, 3.05) is 6.61 Å². The summed E-state index contributed by atoms with van der Waals surface area (Å²) in [5, 5.41) is 0. The minimum absolute atomic E-state index is 0.292. The lowest BCUT2D eigenvalue weighted by Gasteiger charge is -2.46. The summed E-state index contributed by atoms with van der Waals surface area (Å²) in [5.41, 5.74) is 0.292. The van der Waals surface area contributed by atoms with Crippen molar-refractivity contribution in [2.24, 2.45) is 5.92 Å². The van der Waals surface area contributed by atoms with E-state index < -0.39 is 0 Å². The van der Waals surface area contributed by atoms with Crippen LogP contribution >= 0.6 is 0 Å². The van der Waals surface area contributed by atoms with E-state index in [1.54, 1.807) is 0 Å². The Bertz CT molecular complexity index is 132. The predicted octanol–water partition coefficient (Wildman–Crippen LogP) is 2.75. The largest absolute Gasteiger partial charge is 0.375 e. The van der Waals surface area contributed by atoms with Gasteiger partial charge in [0.25, 0.3) is 0 Å². The first kappa shape index (κ1) is 7.60. The third-order valence-electron chi connectivity index (χ3n) is 3.50. The molecule has 0 N–H and O–H groups in total. The molecule has 64 valence electrons. The first-order valence-electron chi connectivity index (χ1n) is 4.95. The van der Waals surface area contributed by atoms with E-state index in [2.05, 4.69) is 6.92 Å². The van der Waals surface area contributed by atoms with Gasteiger partial charge in [-0.15, -0.1) is 0 Å². The number of hydrogen-bond donors (Lipinski definition) is 0. The molecular weight excluding hydrogens is 136 g/mol. The molecule has 1 aliphatic heterocycles. The smallest absolute Gasteiger partial charge is 0.0704 e. The molecule has 2 fully saturated rings. The molecule has 1 heteroatoms.